The van der Waals surface area contributed by atoms with Gasteiger partial charge in [0.25, 0.3) is 5.69 Å². The van der Waals surface area contributed by atoms with Gasteiger partial charge >= 0.3 is 10.7 Å². The maximum atomic E-state index is 12.3. The lowest BCUT2D eigenvalue weighted by Gasteiger charge is -1.99. The third kappa shape index (κ3) is 1.62. The van der Waals surface area contributed by atoms with E-state index in [9.17, 15) is 35.1 Å². The average molecular weight is 321 g/mol. The van der Waals surface area contributed by atoms with Gasteiger partial charge in [-0.2, -0.15) is 0 Å². The Balaban J connectivity index is 2.39. The number of nitro benzene ring substituents is 1. The van der Waals surface area contributed by atoms with Crippen LogP contribution < -0.4 is 0 Å². The molecule has 22 heavy (non-hydrogen) atoms. The number of rotatable bonds is 3. The van der Waals surface area contributed by atoms with Gasteiger partial charge in [-0.15, -0.1) is 0 Å². The van der Waals surface area contributed by atoms with Crippen LogP contribution in [0.25, 0.3) is 10.4 Å². The maximum absolute atomic E-state index is 12.3. The molecule has 0 unspecified atom stereocenters. The summed E-state index contributed by atoms with van der Waals surface area (Å²) in [5, 5.41) is 32.2. The average Bonchev–Trinajstić information content (AvgIpc) is 2.96. The highest BCUT2D eigenvalue weighted by molar-refractivity contribution is 7.20. The molecular weight excluding hydrogens is 318 g/mol. The first-order valence-corrected chi connectivity index (χ1v) is 6.44. The lowest BCUT2D eigenvalue weighted by molar-refractivity contribution is -0.419. The van der Waals surface area contributed by atoms with E-state index in [2.05, 4.69) is 0 Å². The fourth-order valence-corrected chi connectivity index (χ4v) is 3.46. The molecule has 0 fully saturated rings. The summed E-state index contributed by atoms with van der Waals surface area (Å²) in [6.45, 7) is 0. The molecule has 0 saturated heterocycles. The van der Waals surface area contributed by atoms with Crippen LogP contribution >= 0.6 is 11.3 Å². The third-order valence-electron chi connectivity index (χ3n) is 3.15. The van der Waals surface area contributed by atoms with E-state index < -0.39 is 42.5 Å². The normalized spacial score (nSPS) is 11.9. The van der Waals surface area contributed by atoms with Crippen molar-refractivity contribution in [3.63, 3.8) is 0 Å². The molecule has 0 aliphatic heterocycles. The number of ketones is 1. The van der Waals surface area contributed by atoms with Gasteiger partial charge in [-0.05, 0) is 0 Å². The quantitative estimate of drug-likeness (QED) is 0.532. The summed E-state index contributed by atoms with van der Waals surface area (Å²) in [5.74, 6) is -0.937. The van der Waals surface area contributed by atoms with Crippen molar-refractivity contribution in [1.82, 2.24) is 0 Å². The molecule has 0 atom stereocenters. The first-order chi connectivity index (χ1) is 10.3. The second-order valence-electron chi connectivity index (χ2n) is 4.26. The van der Waals surface area contributed by atoms with Crippen LogP contribution in [0.3, 0.4) is 0 Å². The van der Waals surface area contributed by atoms with Crippen LogP contribution in [0.4, 0.5) is 16.4 Å². The molecule has 0 bridgehead atoms. The van der Waals surface area contributed by atoms with Crippen LogP contribution in [0.5, 0.6) is 0 Å². The zero-order chi connectivity index (χ0) is 16.2. The topological polar surface area (TPSA) is 146 Å². The molecule has 10 nitrogen and oxygen atoms in total. The van der Waals surface area contributed by atoms with Gasteiger partial charge in [0.15, 0.2) is 0 Å². The highest BCUT2D eigenvalue weighted by Gasteiger charge is 2.46. The third-order valence-corrected chi connectivity index (χ3v) is 4.32. The monoisotopic (exact) mass is 321 g/mol. The Bertz CT molecular complexity index is 901. The lowest BCUT2D eigenvalue weighted by Crippen LogP contribution is -2.04. The second-order valence-corrected chi connectivity index (χ2v) is 5.26. The predicted molar refractivity (Wildman–Crippen MR) is 73.2 cm³/mol. The number of thiophene rings is 1. The largest absolute Gasteiger partial charge is 0.402 e. The molecule has 0 amide bonds. The molecule has 1 aromatic carbocycles. The Kier molecular flexibility index (Phi) is 2.75. The highest BCUT2D eigenvalue weighted by Crippen LogP contribution is 2.53. The molecule has 1 aliphatic rings. The Hall–Kier alpha value is -3.21. The fourth-order valence-electron chi connectivity index (χ4n) is 2.35. The summed E-state index contributed by atoms with van der Waals surface area (Å²) in [5.41, 5.74) is -2.02. The van der Waals surface area contributed by atoms with Crippen molar-refractivity contribution in [2.24, 2.45) is 0 Å². The first-order valence-electron chi connectivity index (χ1n) is 5.62. The van der Waals surface area contributed by atoms with Gasteiger partial charge in [0.2, 0.25) is 5.78 Å². The van der Waals surface area contributed by atoms with Crippen LogP contribution in [0.2, 0.25) is 0 Å². The van der Waals surface area contributed by atoms with Crippen LogP contribution in [-0.4, -0.2) is 20.6 Å². The Morgan fingerprint density at radius 1 is 0.909 bits per heavy atom. The van der Waals surface area contributed by atoms with E-state index in [1.54, 1.807) is 0 Å². The van der Waals surface area contributed by atoms with E-state index in [0.29, 0.717) is 11.3 Å². The van der Waals surface area contributed by atoms with E-state index in [1.165, 1.54) is 12.1 Å². The molecule has 2 aromatic rings. The van der Waals surface area contributed by atoms with E-state index in [-0.39, 0.29) is 16.0 Å². The van der Waals surface area contributed by atoms with E-state index in [4.69, 9.17) is 0 Å². The van der Waals surface area contributed by atoms with Crippen molar-refractivity contribution in [2.45, 2.75) is 0 Å². The minimum absolute atomic E-state index is 0.0158. The summed E-state index contributed by atoms with van der Waals surface area (Å²) < 4.78 is 0. The van der Waals surface area contributed by atoms with Gasteiger partial charge in [0.05, 0.1) is 19.6 Å². The summed E-state index contributed by atoms with van der Waals surface area (Å²) in [6.07, 6.45) is 0. The van der Waals surface area contributed by atoms with Crippen molar-refractivity contribution in [3.8, 4) is 10.4 Å². The molecule has 1 aliphatic carbocycles. The highest BCUT2D eigenvalue weighted by atomic mass is 32.1. The van der Waals surface area contributed by atoms with E-state index in [1.807, 2.05) is 0 Å². The molecular formula is C11H3N3O7S. The number of hydrogen-bond acceptors (Lipinski definition) is 8. The van der Waals surface area contributed by atoms with Crippen LogP contribution in [-0.2, 0) is 0 Å². The zero-order valence-electron chi connectivity index (χ0n) is 10.3. The summed E-state index contributed by atoms with van der Waals surface area (Å²) in [4.78, 5) is 42.6. The molecule has 1 heterocycles. The van der Waals surface area contributed by atoms with Gasteiger partial charge in [-0.1, -0.05) is 23.5 Å². The first kappa shape index (κ1) is 13.8. The van der Waals surface area contributed by atoms with E-state index in [0.717, 1.165) is 6.07 Å². The number of benzene rings is 1. The molecule has 1 aromatic heterocycles. The van der Waals surface area contributed by atoms with Crippen molar-refractivity contribution in [3.05, 3.63) is 59.7 Å². The number of carbonyl (C=O) groups is 1. The van der Waals surface area contributed by atoms with Crippen LogP contribution in [0.15, 0.2) is 18.2 Å². The number of fused-ring (bicyclic) bond motifs is 3. The van der Waals surface area contributed by atoms with Crippen molar-refractivity contribution in [2.75, 3.05) is 0 Å². The van der Waals surface area contributed by atoms with Crippen molar-refractivity contribution >= 4 is 33.5 Å². The molecule has 0 radical (unpaired) electrons. The number of carbonyl (C=O) groups excluding carboxylic acids is 1. The minimum Gasteiger partial charge on any atom is -0.288 e. The zero-order valence-corrected chi connectivity index (χ0v) is 11.2. The number of nitrogens with zero attached hydrogens (tertiary/aromatic N) is 3. The molecule has 0 spiro atoms. The smallest absolute Gasteiger partial charge is 0.288 e. The van der Waals surface area contributed by atoms with E-state index >= 15 is 0 Å². The second kappa shape index (κ2) is 4.39. The van der Waals surface area contributed by atoms with Crippen LogP contribution in [0.1, 0.15) is 15.9 Å². The minimum atomic E-state index is -1.01. The number of nitro groups is 3. The molecule has 110 valence electrons. The number of hydrogen-bond donors (Lipinski definition) is 0. The summed E-state index contributed by atoms with van der Waals surface area (Å²) in [6, 6.07) is 3.79. The van der Waals surface area contributed by atoms with Crippen molar-refractivity contribution in [1.29, 1.82) is 0 Å². The molecule has 3 rings (SSSR count). The van der Waals surface area contributed by atoms with Gasteiger partial charge in [-0.3, -0.25) is 35.1 Å². The molecule has 0 saturated carbocycles. The van der Waals surface area contributed by atoms with Crippen LogP contribution in [0, 0.1) is 30.3 Å². The lowest BCUT2D eigenvalue weighted by atomic mass is 10.1. The SMILES string of the molecule is O=C1c2c(cccc2[N+](=O)[O-])-c2sc([N+](=O)[O-])c([N+](=O)[O-])c21. The summed E-state index contributed by atoms with van der Waals surface area (Å²) in [7, 11) is 0. The van der Waals surface area contributed by atoms with Gasteiger partial charge in [0.1, 0.15) is 11.1 Å². The molecule has 0 N–H and O–H groups in total. The maximum Gasteiger partial charge on any atom is 0.402 e. The fraction of sp³-hybridized carbons (Fsp3) is 0. The van der Waals surface area contributed by atoms with Crippen molar-refractivity contribution < 1.29 is 19.6 Å². The van der Waals surface area contributed by atoms with Gasteiger partial charge in [-0.25, -0.2) is 0 Å². The predicted octanol–water partition coefficient (Wildman–Crippen LogP) is 2.68. The Morgan fingerprint density at radius 2 is 1.59 bits per heavy atom. The Morgan fingerprint density at radius 3 is 2.14 bits per heavy atom. The summed E-state index contributed by atoms with van der Waals surface area (Å²) >= 11 is 0.468. The molecule has 11 heteroatoms. The van der Waals surface area contributed by atoms with Gasteiger partial charge in [0, 0.05) is 11.6 Å². The standard InChI is InChI=1S/C11H3N3O7S/c15-9-6-4(2-1-3-5(6)12(16)17)10-7(9)8(13(18)19)11(22-10)14(20)21/h1-3H. The van der Waals surface area contributed by atoms with Gasteiger partial charge < -0.3 is 0 Å². The Labute approximate surface area is 124 Å².